The van der Waals surface area contributed by atoms with Gasteiger partial charge in [-0.2, -0.15) is 0 Å². The minimum Gasteiger partial charge on any atom is -0.382 e. The quantitative estimate of drug-likeness (QED) is 0.916. The summed E-state index contributed by atoms with van der Waals surface area (Å²) in [5, 5.41) is 3.60. The molecule has 3 heteroatoms. The highest BCUT2D eigenvalue weighted by Gasteiger charge is 2.18. The first-order valence-corrected chi connectivity index (χ1v) is 7.58. The van der Waals surface area contributed by atoms with Crippen molar-refractivity contribution in [3.63, 3.8) is 0 Å². The van der Waals surface area contributed by atoms with Gasteiger partial charge in [-0.15, -0.1) is 0 Å². The van der Waals surface area contributed by atoms with Crippen molar-refractivity contribution in [2.75, 3.05) is 18.4 Å². The Hall–Kier alpha value is -1.87. The van der Waals surface area contributed by atoms with E-state index >= 15 is 0 Å². The van der Waals surface area contributed by atoms with Gasteiger partial charge in [0.05, 0.1) is 0 Å². The van der Waals surface area contributed by atoms with Gasteiger partial charge in [0.15, 0.2) is 0 Å². The molecule has 0 unspecified atom stereocenters. The lowest BCUT2D eigenvalue weighted by atomic mass is 10.0. The zero-order valence-corrected chi connectivity index (χ0v) is 12.1. The Morgan fingerprint density at radius 2 is 1.62 bits per heavy atom. The topological polar surface area (TPSA) is 15.3 Å². The normalized spacial score (nSPS) is 16.8. The number of para-hydroxylation sites is 1. The van der Waals surface area contributed by atoms with Gasteiger partial charge in [-0.05, 0) is 42.7 Å². The molecule has 3 rings (SSSR count). The molecule has 21 heavy (non-hydrogen) atoms. The predicted octanol–water partition coefficient (Wildman–Crippen LogP) is 3.90. The third-order valence-electron chi connectivity index (χ3n) is 4.05. The van der Waals surface area contributed by atoms with Crippen molar-refractivity contribution in [1.82, 2.24) is 4.90 Å². The van der Waals surface area contributed by atoms with Crippen LogP contribution in [-0.4, -0.2) is 24.0 Å². The van der Waals surface area contributed by atoms with Crippen molar-refractivity contribution in [3.05, 3.63) is 66.0 Å². The Morgan fingerprint density at radius 3 is 2.29 bits per heavy atom. The van der Waals surface area contributed by atoms with Crippen LogP contribution in [-0.2, 0) is 6.54 Å². The fourth-order valence-electron chi connectivity index (χ4n) is 2.85. The number of halogens is 1. The Kier molecular flexibility index (Phi) is 4.51. The molecule has 2 nitrogen and oxygen atoms in total. The SMILES string of the molecule is Fc1ccc(CN2CCC(Nc3ccccc3)CC2)cc1. The number of anilines is 1. The van der Waals surface area contributed by atoms with Gasteiger partial charge in [0.25, 0.3) is 0 Å². The molecule has 1 N–H and O–H groups in total. The molecular formula is C18H21FN2. The summed E-state index contributed by atoms with van der Waals surface area (Å²) in [6.07, 6.45) is 2.30. The highest BCUT2D eigenvalue weighted by Crippen LogP contribution is 2.18. The van der Waals surface area contributed by atoms with Crippen LogP contribution < -0.4 is 5.32 Å². The molecule has 0 aliphatic carbocycles. The molecule has 0 aromatic heterocycles. The van der Waals surface area contributed by atoms with Gasteiger partial charge in [-0.1, -0.05) is 30.3 Å². The fraction of sp³-hybridized carbons (Fsp3) is 0.333. The van der Waals surface area contributed by atoms with Crippen LogP contribution in [0.4, 0.5) is 10.1 Å². The first-order chi connectivity index (χ1) is 10.3. The Balaban J connectivity index is 1.47. The lowest BCUT2D eigenvalue weighted by Crippen LogP contribution is -2.38. The Morgan fingerprint density at radius 1 is 0.952 bits per heavy atom. The highest BCUT2D eigenvalue weighted by atomic mass is 19.1. The summed E-state index contributed by atoms with van der Waals surface area (Å²) < 4.78 is 12.9. The lowest BCUT2D eigenvalue weighted by Gasteiger charge is -2.32. The predicted molar refractivity (Wildman–Crippen MR) is 84.8 cm³/mol. The van der Waals surface area contributed by atoms with Crippen LogP contribution in [0.5, 0.6) is 0 Å². The van der Waals surface area contributed by atoms with Gasteiger partial charge in [-0.3, -0.25) is 4.90 Å². The third kappa shape index (κ3) is 4.05. The lowest BCUT2D eigenvalue weighted by molar-refractivity contribution is 0.211. The van der Waals surface area contributed by atoms with Crippen molar-refractivity contribution in [1.29, 1.82) is 0 Å². The van der Waals surface area contributed by atoms with Gasteiger partial charge in [0.1, 0.15) is 5.82 Å². The van der Waals surface area contributed by atoms with Crippen LogP contribution >= 0.6 is 0 Å². The summed E-state index contributed by atoms with van der Waals surface area (Å²) in [6.45, 7) is 3.09. The van der Waals surface area contributed by atoms with E-state index in [1.165, 1.54) is 11.3 Å². The number of hydrogen-bond donors (Lipinski definition) is 1. The second-order valence-corrected chi connectivity index (χ2v) is 5.69. The Labute approximate surface area is 125 Å². The standard InChI is InChI=1S/C18H21FN2/c19-16-8-6-15(7-9-16)14-21-12-10-18(11-13-21)20-17-4-2-1-3-5-17/h1-9,18,20H,10-14H2. The minimum atomic E-state index is -0.162. The fourth-order valence-corrected chi connectivity index (χ4v) is 2.85. The van der Waals surface area contributed by atoms with E-state index in [4.69, 9.17) is 0 Å². The largest absolute Gasteiger partial charge is 0.382 e. The van der Waals surface area contributed by atoms with Crippen LogP contribution in [0.15, 0.2) is 54.6 Å². The molecule has 110 valence electrons. The van der Waals surface area contributed by atoms with Crippen LogP contribution in [0.3, 0.4) is 0 Å². The van der Waals surface area contributed by atoms with Gasteiger partial charge in [0.2, 0.25) is 0 Å². The van der Waals surface area contributed by atoms with Crippen LogP contribution in [0.25, 0.3) is 0 Å². The molecular weight excluding hydrogens is 263 g/mol. The molecule has 0 radical (unpaired) electrons. The summed E-state index contributed by atoms with van der Waals surface area (Å²) >= 11 is 0. The maximum absolute atomic E-state index is 12.9. The summed E-state index contributed by atoms with van der Waals surface area (Å²) in [4.78, 5) is 2.44. The summed E-state index contributed by atoms with van der Waals surface area (Å²) in [7, 11) is 0. The molecule has 0 saturated carbocycles. The second-order valence-electron chi connectivity index (χ2n) is 5.69. The van der Waals surface area contributed by atoms with E-state index in [0.29, 0.717) is 6.04 Å². The number of nitrogens with one attached hydrogen (secondary N) is 1. The van der Waals surface area contributed by atoms with Crippen LogP contribution in [0.2, 0.25) is 0 Å². The van der Waals surface area contributed by atoms with Crippen molar-refractivity contribution >= 4 is 5.69 Å². The molecule has 1 fully saturated rings. The number of rotatable bonds is 4. The van der Waals surface area contributed by atoms with E-state index in [1.807, 2.05) is 18.2 Å². The number of piperidine rings is 1. The molecule has 0 bridgehead atoms. The monoisotopic (exact) mass is 284 g/mol. The Bertz CT molecular complexity index is 545. The number of hydrogen-bond acceptors (Lipinski definition) is 2. The van der Waals surface area contributed by atoms with Crippen LogP contribution in [0, 0.1) is 5.82 Å². The van der Waals surface area contributed by atoms with Crippen molar-refractivity contribution in [2.24, 2.45) is 0 Å². The molecule has 2 aromatic carbocycles. The molecule has 2 aromatic rings. The molecule has 1 aliphatic rings. The maximum Gasteiger partial charge on any atom is 0.123 e. The van der Waals surface area contributed by atoms with E-state index in [0.717, 1.165) is 32.5 Å². The van der Waals surface area contributed by atoms with Gasteiger partial charge >= 0.3 is 0 Å². The third-order valence-corrected chi connectivity index (χ3v) is 4.05. The van der Waals surface area contributed by atoms with E-state index in [1.54, 1.807) is 12.1 Å². The van der Waals surface area contributed by atoms with Gasteiger partial charge in [0, 0.05) is 31.4 Å². The first-order valence-electron chi connectivity index (χ1n) is 7.58. The minimum absolute atomic E-state index is 0.162. The molecule has 0 amide bonds. The zero-order chi connectivity index (χ0) is 14.5. The van der Waals surface area contributed by atoms with E-state index in [9.17, 15) is 4.39 Å². The van der Waals surface area contributed by atoms with E-state index in [2.05, 4.69) is 34.5 Å². The summed E-state index contributed by atoms with van der Waals surface area (Å²) in [5.41, 5.74) is 2.39. The smallest absolute Gasteiger partial charge is 0.123 e. The first kappa shape index (κ1) is 14.1. The number of nitrogens with zero attached hydrogens (tertiary/aromatic N) is 1. The maximum atomic E-state index is 12.9. The molecule has 1 aliphatic heterocycles. The average molecular weight is 284 g/mol. The number of likely N-dealkylation sites (tertiary alicyclic amines) is 1. The summed E-state index contributed by atoms with van der Waals surface area (Å²) in [5.74, 6) is -0.162. The average Bonchev–Trinajstić information content (AvgIpc) is 2.53. The molecule has 0 spiro atoms. The van der Waals surface area contributed by atoms with Crippen LogP contribution in [0.1, 0.15) is 18.4 Å². The molecule has 0 atom stereocenters. The molecule has 1 saturated heterocycles. The van der Waals surface area contributed by atoms with Gasteiger partial charge < -0.3 is 5.32 Å². The van der Waals surface area contributed by atoms with Gasteiger partial charge in [-0.25, -0.2) is 4.39 Å². The van der Waals surface area contributed by atoms with Crippen molar-refractivity contribution in [2.45, 2.75) is 25.4 Å². The zero-order valence-electron chi connectivity index (χ0n) is 12.1. The number of benzene rings is 2. The second kappa shape index (κ2) is 6.72. The van der Waals surface area contributed by atoms with E-state index in [-0.39, 0.29) is 5.82 Å². The van der Waals surface area contributed by atoms with Crippen molar-refractivity contribution in [3.8, 4) is 0 Å². The summed E-state index contributed by atoms with van der Waals surface area (Å²) in [6, 6.07) is 17.8. The van der Waals surface area contributed by atoms with E-state index < -0.39 is 0 Å². The molecule has 1 heterocycles. The van der Waals surface area contributed by atoms with Crippen molar-refractivity contribution < 1.29 is 4.39 Å². The highest BCUT2D eigenvalue weighted by molar-refractivity contribution is 5.43.